The Morgan fingerprint density at radius 1 is 1.33 bits per heavy atom. The fraction of sp³-hybridized carbons (Fsp3) is 1.00. The molecule has 2 atom stereocenters. The lowest BCUT2D eigenvalue weighted by Gasteiger charge is -2.37. The second kappa shape index (κ2) is 2.65. The van der Waals surface area contributed by atoms with E-state index >= 15 is 0 Å². The first kappa shape index (κ1) is 8.89. The van der Waals surface area contributed by atoms with Crippen LogP contribution in [0.15, 0.2) is 0 Å². The summed E-state index contributed by atoms with van der Waals surface area (Å²) in [6, 6.07) is 0. The third-order valence-corrected chi connectivity index (χ3v) is 5.37. The highest BCUT2D eigenvalue weighted by molar-refractivity contribution is 8.01. The van der Waals surface area contributed by atoms with Crippen LogP contribution in [0.2, 0.25) is 0 Å². The topological polar surface area (TPSA) is 12.0 Å². The number of hydrogen-bond acceptors (Lipinski definition) is 2. The van der Waals surface area contributed by atoms with Crippen molar-refractivity contribution in [2.75, 3.05) is 6.54 Å². The van der Waals surface area contributed by atoms with Gasteiger partial charge in [0.1, 0.15) is 0 Å². The van der Waals surface area contributed by atoms with Crippen LogP contribution in [0.5, 0.6) is 0 Å². The highest BCUT2D eigenvalue weighted by Crippen LogP contribution is 2.55. The van der Waals surface area contributed by atoms with Crippen LogP contribution in [0.25, 0.3) is 0 Å². The summed E-state index contributed by atoms with van der Waals surface area (Å²) in [7, 11) is 0. The zero-order chi connectivity index (χ0) is 8.82. The van der Waals surface area contributed by atoms with Gasteiger partial charge in [0, 0.05) is 11.8 Å². The van der Waals surface area contributed by atoms with Gasteiger partial charge < -0.3 is 5.32 Å². The molecule has 1 saturated carbocycles. The summed E-state index contributed by atoms with van der Waals surface area (Å²) in [6.07, 6.45) is 4.16. The fourth-order valence-corrected chi connectivity index (χ4v) is 4.30. The van der Waals surface area contributed by atoms with E-state index in [9.17, 15) is 0 Å². The van der Waals surface area contributed by atoms with Gasteiger partial charge in [-0.05, 0) is 18.3 Å². The van der Waals surface area contributed by atoms with Gasteiger partial charge in [0.2, 0.25) is 0 Å². The van der Waals surface area contributed by atoms with Gasteiger partial charge in [-0.25, -0.2) is 0 Å². The molecule has 2 aliphatic rings. The van der Waals surface area contributed by atoms with Crippen LogP contribution in [-0.2, 0) is 0 Å². The summed E-state index contributed by atoms with van der Waals surface area (Å²) < 4.78 is 0. The lowest BCUT2D eigenvalue weighted by molar-refractivity contribution is 0.264. The van der Waals surface area contributed by atoms with Gasteiger partial charge in [0.15, 0.2) is 0 Å². The summed E-state index contributed by atoms with van der Waals surface area (Å²) in [5.74, 6) is 0. The molecule has 2 fully saturated rings. The summed E-state index contributed by atoms with van der Waals surface area (Å²) in [5.41, 5.74) is 0.502. The molecule has 2 heteroatoms. The van der Waals surface area contributed by atoms with Gasteiger partial charge in [0.25, 0.3) is 0 Å². The van der Waals surface area contributed by atoms with E-state index < -0.39 is 0 Å². The molecule has 1 aliphatic heterocycles. The molecule has 0 amide bonds. The van der Waals surface area contributed by atoms with Gasteiger partial charge in [-0.3, -0.25) is 0 Å². The molecular formula is C10H19NS. The van der Waals surface area contributed by atoms with Gasteiger partial charge in [-0.1, -0.05) is 27.2 Å². The quantitative estimate of drug-likeness (QED) is 0.622. The Morgan fingerprint density at radius 2 is 2.08 bits per heavy atom. The molecule has 1 nitrogen and oxygen atoms in total. The Balaban J connectivity index is 2.20. The molecule has 70 valence electrons. The van der Waals surface area contributed by atoms with Gasteiger partial charge in [-0.2, -0.15) is 0 Å². The van der Waals surface area contributed by atoms with Crippen molar-refractivity contribution in [1.29, 1.82) is 0 Å². The maximum atomic E-state index is 3.73. The molecule has 0 aromatic rings. The molecule has 1 saturated heterocycles. The lowest BCUT2D eigenvalue weighted by atomic mass is 9.86. The molecule has 1 heterocycles. The van der Waals surface area contributed by atoms with Crippen molar-refractivity contribution < 1.29 is 0 Å². The third kappa shape index (κ3) is 1.12. The average molecular weight is 185 g/mol. The van der Waals surface area contributed by atoms with Gasteiger partial charge in [-0.15, -0.1) is 11.8 Å². The van der Waals surface area contributed by atoms with Crippen molar-refractivity contribution >= 4 is 11.8 Å². The van der Waals surface area contributed by atoms with Crippen molar-refractivity contribution in [1.82, 2.24) is 5.32 Å². The maximum absolute atomic E-state index is 3.73. The lowest BCUT2D eigenvalue weighted by Crippen LogP contribution is -2.45. The zero-order valence-electron chi connectivity index (χ0n) is 8.31. The smallest absolute Gasteiger partial charge is 0.0700 e. The molecular weight excluding hydrogens is 166 g/mol. The first-order valence-corrected chi connectivity index (χ1v) is 5.87. The summed E-state index contributed by atoms with van der Waals surface area (Å²) in [4.78, 5) is 0.423. The first-order valence-electron chi connectivity index (χ1n) is 4.99. The monoisotopic (exact) mass is 185 g/mol. The van der Waals surface area contributed by atoms with Crippen molar-refractivity contribution in [2.45, 2.75) is 50.2 Å². The molecule has 12 heavy (non-hydrogen) atoms. The average Bonchev–Trinajstić information content (AvgIpc) is 2.43. The van der Waals surface area contributed by atoms with Crippen LogP contribution in [0, 0.1) is 5.41 Å². The molecule has 2 unspecified atom stereocenters. The predicted octanol–water partition coefficient (Wildman–Crippen LogP) is 2.62. The van der Waals surface area contributed by atoms with E-state index in [0.29, 0.717) is 10.3 Å². The van der Waals surface area contributed by atoms with Gasteiger partial charge >= 0.3 is 0 Å². The van der Waals surface area contributed by atoms with Crippen molar-refractivity contribution in [3.63, 3.8) is 0 Å². The minimum atomic E-state index is 0.423. The zero-order valence-corrected chi connectivity index (χ0v) is 9.13. The SMILES string of the molecule is CC1CNC2(CCCC2(C)C)S1. The third-order valence-electron chi connectivity index (χ3n) is 3.50. The Kier molecular flexibility index (Phi) is 1.96. The standard InChI is InChI=1S/C10H19NS/c1-8-7-11-10(12-8)6-4-5-9(10,2)3/h8,11H,4-7H2,1-3H3. The van der Waals surface area contributed by atoms with E-state index in [1.165, 1.54) is 25.8 Å². The normalized spacial score (nSPS) is 45.8. The van der Waals surface area contributed by atoms with Gasteiger partial charge in [0.05, 0.1) is 4.87 Å². The largest absolute Gasteiger partial charge is 0.301 e. The predicted molar refractivity (Wildman–Crippen MR) is 55.4 cm³/mol. The van der Waals surface area contributed by atoms with Crippen LogP contribution in [0.1, 0.15) is 40.0 Å². The number of hydrogen-bond donors (Lipinski definition) is 1. The van der Waals surface area contributed by atoms with Crippen LogP contribution in [0.3, 0.4) is 0 Å². The maximum Gasteiger partial charge on any atom is 0.0700 e. The second-order valence-electron chi connectivity index (χ2n) is 4.87. The molecule has 2 rings (SSSR count). The second-order valence-corrected chi connectivity index (χ2v) is 6.61. The molecule has 1 N–H and O–H groups in total. The van der Waals surface area contributed by atoms with Crippen molar-refractivity contribution in [2.24, 2.45) is 5.41 Å². The number of rotatable bonds is 0. The van der Waals surface area contributed by atoms with Crippen LogP contribution in [-0.4, -0.2) is 16.7 Å². The van der Waals surface area contributed by atoms with E-state index in [1.54, 1.807) is 0 Å². The Morgan fingerprint density at radius 3 is 2.50 bits per heavy atom. The van der Waals surface area contributed by atoms with E-state index in [2.05, 4.69) is 37.8 Å². The highest BCUT2D eigenvalue weighted by Gasteiger charge is 2.52. The van der Waals surface area contributed by atoms with Crippen LogP contribution < -0.4 is 5.32 Å². The number of thioether (sulfide) groups is 1. The molecule has 1 aliphatic carbocycles. The van der Waals surface area contributed by atoms with E-state index in [4.69, 9.17) is 0 Å². The van der Waals surface area contributed by atoms with Crippen molar-refractivity contribution in [3.05, 3.63) is 0 Å². The van der Waals surface area contributed by atoms with Crippen LogP contribution in [0.4, 0.5) is 0 Å². The molecule has 0 radical (unpaired) electrons. The summed E-state index contributed by atoms with van der Waals surface area (Å²) in [5, 5.41) is 4.54. The Labute approximate surface area is 79.7 Å². The molecule has 0 aromatic carbocycles. The van der Waals surface area contributed by atoms with Crippen molar-refractivity contribution in [3.8, 4) is 0 Å². The number of nitrogens with one attached hydrogen (secondary N) is 1. The molecule has 1 spiro atoms. The van der Waals surface area contributed by atoms with E-state index in [0.717, 1.165) is 5.25 Å². The Hall–Kier alpha value is 0.310. The van der Waals surface area contributed by atoms with E-state index in [-0.39, 0.29) is 0 Å². The van der Waals surface area contributed by atoms with E-state index in [1.807, 2.05) is 0 Å². The molecule has 0 bridgehead atoms. The molecule has 0 aromatic heterocycles. The minimum absolute atomic E-state index is 0.423. The summed E-state index contributed by atoms with van der Waals surface area (Å²) in [6.45, 7) is 8.37. The summed E-state index contributed by atoms with van der Waals surface area (Å²) >= 11 is 2.17. The first-order chi connectivity index (χ1) is 5.56. The highest BCUT2D eigenvalue weighted by atomic mass is 32.2. The fourth-order valence-electron chi connectivity index (χ4n) is 2.60. The van der Waals surface area contributed by atoms with Crippen LogP contribution >= 0.6 is 11.8 Å². The minimum Gasteiger partial charge on any atom is -0.301 e. The Bertz CT molecular complexity index is 190.